The first-order chi connectivity index (χ1) is 17.6. The Morgan fingerprint density at radius 3 is 2.19 bits per heavy atom. The van der Waals surface area contributed by atoms with Crippen LogP contribution in [0.25, 0.3) is 22.3 Å². The fourth-order valence-electron chi connectivity index (χ4n) is 4.29. The van der Waals surface area contributed by atoms with E-state index >= 15 is 0 Å². The third-order valence-corrected chi connectivity index (χ3v) is 6.25. The molecule has 1 heterocycles. The summed E-state index contributed by atoms with van der Waals surface area (Å²) >= 11 is 0. The van der Waals surface area contributed by atoms with Crippen LogP contribution in [0.2, 0.25) is 0 Å². The van der Waals surface area contributed by atoms with Crippen LogP contribution in [0.15, 0.2) is 91.3 Å². The zero-order valence-electron chi connectivity index (χ0n) is 21.0. The van der Waals surface area contributed by atoms with Crippen molar-refractivity contribution in [2.45, 2.75) is 32.2 Å². The van der Waals surface area contributed by atoms with Crippen molar-refractivity contribution >= 4 is 5.91 Å². The lowest BCUT2D eigenvalue weighted by Gasteiger charge is -2.17. The smallest absolute Gasteiger partial charge is 0.251 e. The van der Waals surface area contributed by atoms with Gasteiger partial charge in [-0.1, -0.05) is 36.4 Å². The molecule has 4 aromatic rings. The van der Waals surface area contributed by atoms with E-state index in [2.05, 4.69) is 23.3 Å². The molecular weight excluding hydrogens is 448 g/mol. The minimum absolute atomic E-state index is 0.0625. The second-order valence-corrected chi connectivity index (χ2v) is 8.85. The molecule has 0 aliphatic rings. The number of nitrogens with one attached hydrogen (secondary N) is 1. The predicted molar refractivity (Wildman–Crippen MR) is 145 cm³/mol. The number of carbonyl (C=O) groups is 1. The standard InChI is InChI=1S/C31H32N2O3/c1-22(8-4-9-23-10-7-17-32-21-23)33-31(34)26-15-16-29(24-11-5-13-27(18-24)35-2)30(20-26)25-12-6-14-28(19-25)36-3/h5-7,10-22H,4,8-9H2,1-3H3,(H,33,34)/t22-/m1/s1. The van der Waals surface area contributed by atoms with Crippen molar-refractivity contribution in [1.82, 2.24) is 10.3 Å². The van der Waals surface area contributed by atoms with E-state index in [1.165, 1.54) is 5.56 Å². The van der Waals surface area contributed by atoms with Gasteiger partial charge < -0.3 is 14.8 Å². The van der Waals surface area contributed by atoms with Gasteiger partial charge in [0.2, 0.25) is 0 Å². The Kier molecular flexibility index (Phi) is 8.35. The molecule has 0 aliphatic heterocycles. The van der Waals surface area contributed by atoms with Gasteiger partial charge in [0, 0.05) is 24.0 Å². The highest BCUT2D eigenvalue weighted by molar-refractivity contribution is 5.98. The molecule has 0 spiro atoms. The molecule has 0 saturated heterocycles. The van der Waals surface area contributed by atoms with Crippen LogP contribution in [0.5, 0.6) is 11.5 Å². The van der Waals surface area contributed by atoms with E-state index in [9.17, 15) is 4.79 Å². The number of rotatable bonds is 10. The molecule has 0 bridgehead atoms. The minimum atomic E-state index is -0.0785. The number of aromatic nitrogens is 1. The predicted octanol–water partition coefficient (Wildman–Crippen LogP) is 6.57. The molecule has 1 aromatic heterocycles. The monoisotopic (exact) mass is 480 g/mol. The number of hydrogen-bond donors (Lipinski definition) is 1. The van der Waals surface area contributed by atoms with Crippen molar-refractivity contribution < 1.29 is 14.3 Å². The van der Waals surface area contributed by atoms with Crippen molar-refractivity contribution in [3.05, 3.63) is 102 Å². The maximum absolute atomic E-state index is 13.2. The van der Waals surface area contributed by atoms with E-state index in [1.807, 2.05) is 79.0 Å². The van der Waals surface area contributed by atoms with E-state index in [4.69, 9.17) is 9.47 Å². The summed E-state index contributed by atoms with van der Waals surface area (Å²) in [5.41, 5.74) is 5.81. The van der Waals surface area contributed by atoms with Gasteiger partial charge in [-0.3, -0.25) is 9.78 Å². The Morgan fingerprint density at radius 2 is 1.56 bits per heavy atom. The molecule has 5 heteroatoms. The number of nitrogens with zero attached hydrogens (tertiary/aromatic N) is 1. The van der Waals surface area contributed by atoms with Crippen LogP contribution in [0, 0.1) is 0 Å². The van der Waals surface area contributed by atoms with Gasteiger partial charge in [-0.25, -0.2) is 0 Å². The molecule has 1 amide bonds. The molecule has 0 saturated carbocycles. The quantitative estimate of drug-likeness (QED) is 0.279. The highest BCUT2D eigenvalue weighted by Crippen LogP contribution is 2.35. The molecule has 1 N–H and O–H groups in total. The van der Waals surface area contributed by atoms with E-state index in [1.54, 1.807) is 20.4 Å². The fraction of sp³-hybridized carbons (Fsp3) is 0.226. The summed E-state index contributed by atoms with van der Waals surface area (Å²) in [6, 6.07) is 25.8. The Labute approximate surface area is 213 Å². The summed E-state index contributed by atoms with van der Waals surface area (Å²) in [7, 11) is 3.31. The summed E-state index contributed by atoms with van der Waals surface area (Å²) in [6.45, 7) is 2.05. The molecule has 0 unspecified atom stereocenters. The first-order valence-corrected chi connectivity index (χ1v) is 12.2. The van der Waals surface area contributed by atoms with Crippen LogP contribution in [-0.4, -0.2) is 31.2 Å². The van der Waals surface area contributed by atoms with Crippen LogP contribution >= 0.6 is 0 Å². The van der Waals surface area contributed by atoms with Crippen molar-refractivity contribution in [3.63, 3.8) is 0 Å². The van der Waals surface area contributed by atoms with Crippen molar-refractivity contribution in [3.8, 4) is 33.8 Å². The summed E-state index contributed by atoms with van der Waals surface area (Å²) in [6.07, 6.45) is 6.50. The lowest BCUT2D eigenvalue weighted by Crippen LogP contribution is -2.32. The maximum atomic E-state index is 13.2. The molecular formula is C31H32N2O3. The number of pyridine rings is 1. The third-order valence-electron chi connectivity index (χ3n) is 6.25. The highest BCUT2D eigenvalue weighted by atomic mass is 16.5. The molecule has 184 valence electrons. The number of carbonyl (C=O) groups excluding carboxylic acids is 1. The van der Waals surface area contributed by atoms with E-state index in [0.29, 0.717) is 5.56 Å². The fourth-order valence-corrected chi connectivity index (χ4v) is 4.29. The summed E-state index contributed by atoms with van der Waals surface area (Å²) in [5.74, 6) is 1.47. The molecule has 0 aliphatic carbocycles. The number of aryl methyl sites for hydroxylation is 1. The third kappa shape index (κ3) is 6.30. The molecule has 0 fully saturated rings. The zero-order valence-corrected chi connectivity index (χ0v) is 21.0. The second kappa shape index (κ2) is 12.0. The largest absolute Gasteiger partial charge is 0.497 e. The number of benzene rings is 3. The first kappa shape index (κ1) is 25.0. The molecule has 3 aromatic carbocycles. The van der Waals surface area contributed by atoms with Gasteiger partial charge in [0.05, 0.1) is 14.2 Å². The summed E-state index contributed by atoms with van der Waals surface area (Å²) in [5, 5.41) is 3.16. The molecule has 4 rings (SSSR count). The average Bonchev–Trinajstić information content (AvgIpc) is 2.93. The Balaban J connectivity index is 1.56. The SMILES string of the molecule is COc1cccc(-c2ccc(C(=O)N[C@H](C)CCCc3cccnc3)cc2-c2cccc(OC)c2)c1. The highest BCUT2D eigenvalue weighted by Gasteiger charge is 2.15. The van der Waals surface area contributed by atoms with E-state index in [0.717, 1.165) is 53.0 Å². The topological polar surface area (TPSA) is 60.5 Å². The number of hydrogen-bond acceptors (Lipinski definition) is 4. The van der Waals surface area contributed by atoms with E-state index in [-0.39, 0.29) is 11.9 Å². The number of methoxy groups -OCH3 is 2. The van der Waals surface area contributed by atoms with Crippen LogP contribution < -0.4 is 14.8 Å². The van der Waals surface area contributed by atoms with Gasteiger partial charge in [-0.15, -0.1) is 0 Å². The van der Waals surface area contributed by atoms with Crippen LogP contribution in [0.1, 0.15) is 35.7 Å². The van der Waals surface area contributed by atoms with Crippen molar-refractivity contribution in [2.24, 2.45) is 0 Å². The van der Waals surface area contributed by atoms with Gasteiger partial charge in [-0.2, -0.15) is 0 Å². The zero-order chi connectivity index (χ0) is 25.3. The molecule has 0 radical (unpaired) electrons. The van der Waals surface area contributed by atoms with Crippen molar-refractivity contribution in [1.29, 1.82) is 0 Å². The Hall–Kier alpha value is -4.12. The van der Waals surface area contributed by atoms with Gasteiger partial charge >= 0.3 is 0 Å². The van der Waals surface area contributed by atoms with Crippen molar-refractivity contribution in [2.75, 3.05) is 14.2 Å². The Bertz CT molecular complexity index is 1300. The number of amides is 1. The Morgan fingerprint density at radius 1 is 0.861 bits per heavy atom. The summed E-state index contributed by atoms with van der Waals surface area (Å²) < 4.78 is 10.9. The van der Waals surface area contributed by atoms with Gasteiger partial charge in [-0.05, 0) is 96.5 Å². The van der Waals surface area contributed by atoms with Gasteiger partial charge in [0.25, 0.3) is 5.91 Å². The van der Waals surface area contributed by atoms with Gasteiger partial charge in [0.1, 0.15) is 11.5 Å². The van der Waals surface area contributed by atoms with E-state index < -0.39 is 0 Å². The molecule has 5 nitrogen and oxygen atoms in total. The van der Waals surface area contributed by atoms with Crippen LogP contribution in [-0.2, 0) is 6.42 Å². The molecule has 36 heavy (non-hydrogen) atoms. The lowest BCUT2D eigenvalue weighted by atomic mass is 9.92. The lowest BCUT2D eigenvalue weighted by molar-refractivity contribution is 0.0938. The van der Waals surface area contributed by atoms with Gasteiger partial charge in [0.15, 0.2) is 0 Å². The summed E-state index contributed by atoms with van der Waals surface area (Å²) in [4.78, 5) is 17.3. The maximum Gasteiger partial charge on any atom is 0.251 e. The number of ether oxygens (including phenoxy) is 2. The van der Waals surface area contributed by atoms with Crippen LogP contribution in [0.4, 0.5) is 0 Å². The minimum Gasteiger partial charge on any atom is -0.497 e. The molecule has 1 atom stereocenters. The first-order valence-electron chi connectivity index (χ1n) is 12.2. The second-order valence-electron chi connectivity index (χ2n) is 8.85. The normalized spacial score (nSPS) is 11.5. The van der Waals surface area contributed by atoms with Crippen LogP contribution in [0.3, 0.4) is 0 Å². The average molecular weight is 481 g/mol.